The van der Waals surface area contributed by atoms with Crippen LogP contribution in [0.25, 0.3) is 0 Å². The molecule has 0 atom stereocenters. The number of benzene rings is 2. The fourth-order valence-corrected chi connectivity index (χ4v) is 4.66. The summed E-state index contributed by atoms with van der Waals surface area (Å²) in [5, 5.41) is 4.64. The maximum atomic E-state index is 12.9. The van der Waals surface area contributed by atoms with Crippen LogP contribution >= 0.6 is 22.9 Å². The van der Waals surface area contributed by atoms with E-state index in [4.69, 9.17) is 11.6 Å². The first kappa shape index (κ1) is 23.1. The number of hydrogen-bond acceptors (Lipinski definition) is 4. The lowest BCUT2D eigenvalue weighted by atomic mass is 10.2. The van der Waals surface area contributed by atoms with Crippen molar-refractivity contribution in [2.75, 3.05) is 11.3 Å². The molecule has 0 aliphatic carbocycles. The summed E-state index contributed by atoms with van der Waals surface area (Å²) in [7, 11) is -4.26. The van der Waals surface area contributed by atoms with Crippen LogP contribution in [0.15, 0.2) is 64.9 Å². The van der Waals surface area contributed by atoms with Gasteiger partial charge in [-0.15, -0.1) is 11.3 Å². The van der Waals surface area contributed by atoms with Crippen LogP contribution in [0.2, 0.25) is 5.02 Å². The molecule has 1 amide bonds. The average Bonchev–Trinajstić information content (AvgIpc) is 3.21. The van der Waals surface area contributed by atoms with E-state index in [1.54, 1.807) is 11.3 Å². The minimum absolute atomic E-state index is 0.0478. The maximum absolute atomic E-state index is 12.9. The zero-order valence-electron chi connectivity index (χ0n) is 15.7. The van der Waals surface area contributed by atoms with Crippen LogP contribution in [0.3, 0.4) is 0 Å². The Balaban J connectivity index is 1.77. The Hall–Kier alpha value is -2.56. The van der Waals surface area contributed by atoms with Gasteiger partial charge in [0.05, 0.1) is 21.0 Å². The second-order valence-corrected chi connectivity index (χ2v) is 9.53. The molecule has 0 saturated heterocycles. The molecule has 5 nitrogen and oxygen atoms in total. The summed E-state index contributed by atoms with van der Waals surface area (Å²) in [6, 6.07) is 11.1. The van der Waals surface area contributed by atoms with Gasteiger partial charge in [-0.3, -0.25) is 9.52 Å². The molecule has 0 spiro atoms. The van der Waals surface area contributed by atoms with Gasteiger partial charge in [-0.25, -0.2) is 8.42 Å². The van der Waals surface area contributed by atoms with Crippen molar-refractivity contribution in [2.24, 2.45) is 0 Å². The van der Waals surface area contributed by atoms with Gasteiger partial charge in [0, 0.05) is 17.1 Å². The van der Waals surface area contributed by atoms with Crippen LogP contribution in [0.5, 0.6) is 0 Å². The largest absolute Gasteiger partial charge is 0.416 e. The highest BCUT2D eigenvalue weighted by molar-refractivity contribution is 7.92. The van der Waals surface area contributed by atoms with Crippen LogP contribution < -0.4 is 10.0 Å². The van der Waals surface area contributed by atoms with E-state index in [1.807, 2.05) is 17.5 Å². The summed E-state index contributed by atoms with van der Waals surface area (Å²) in [5.41, 5.74) is -1.30. The third-order valence-electron chi connectivity index (χ3n) is 4.17. The number of nitrogens with one attached hydrogen (secondary N) is 2. The first-order chi connectivity index (χ1) is 14.6. The number of anilines is 1. The minimum Gasteiger partial charge on any atom is -0.352 e. The standard InChI is InChI=1S/C20H16ClF3N2O3S2/c21-18-7-6-16(12-17(18)19(27)25-9-8-15-5-2-10-30-15)31(28,29)26-14-4-1-3-13(11-14)20(22,23)24/h1-7,10-12,26H,8-9H2,(H,25,27). The predicted octanol–water partition coefficient (Wildman–Crippen LogP) is 5.19. The molecule has 3 rings (SSSR count). The van der Waals surface area contributed by atoms with Gasteiger partial charge in [0.15, 0.2) is 0 Å². The molecule has 31 heavy (non-hydrogen) atoms. The number of alkyl halides is 3. The number of thiophene rings is 1. The predicted molar refractivity (Wildman–Crippen MR) is 114 cm³/mol. The van der Waals surface area contributed by atoms with Crippen LogP contribution in [0, 0.1) is 0 Å². The Kier molecular flexibility index (Phi) is 6.93. The molecule has 3 aromatic rings. The second kappa shape index (κ2) is 9.29. The zero-order valence-corrected chi connectivity index (χ0v) is 18.1. The van der Waals surface area contributed by atoms with Gasteiger partial charge in [0.25, 0.3) is 15.9 Å². The summed E-state index contributed by atoms with van der Waals surface area (Å²) in [6.07, 6.45) is -4.01. The van der Waals surface area contributed by atoms with Gasteiger partial charge in [-0.2, -0.15) is 13.2 Å². The molecular formula is C20H16ClF3N2O3S2. The molecule has 0 fully saturated rings. The van der Waals surface area contributed by atoms with Crippen molar-refractivity contribution in [3.8, 4) is 0 Å². The highest BCUT2D eigenvalue weighted by Gasteiger charge is 2.30. The molecule has 0 radical (unpaired) electrons. The zero-order chi connectivity index (χ0) is 22.6. The molecule has 164 valence electrons. The van der Waals surface area contributed by atoms with Gasteiger partial charge in [-0.05, 0) is 54.3 Å². The Labute approximate surface area is 185 Å². The molecule has 0 aliphatic heterocycles. The minimum atomic E-state index is -4.61. The van der Waals surface area contributed by atoms with Gasteiger partial charge in [0.2, 0.25) is 0 Å². The van der Waals surface area contributed by atoms with Crippen molar-refractivity contribution < 1.29 is 26.4 Å². The summed E-state index contributed by atoms with van der Waals surface area (Å²) in [4.78, 5) is 13.2. The fourth-order valence-electron chi connectivity index (χ4n) is 2.67. The molecule has 0 aliphatic rings. The summed E-state index contributed by atoms with van der Waals surface area (Å²) >= 11 is 7.60. The fraction of sp³-hybridized carbons (Fsp3) is 0.150. The van der Waals surface area contributed by atoms with Gasteiger partial charge >= 0.3 is 6.18 Å². The number of amides is 1. The number of rotatable bonds is 7. The maximum Gasteiger partial charge on any atom is 0.416 e. The van der Waals surface area contributed by atoms with Gasteiger partial charge in [-0.1, -0.05) is 23.7 Å². The van der Waals surface area contributed by atoms with E-state index in [2.05, 4.69) is 10.0 Å². The SMILES string of the molecule is O=C(NCCc1cccs1)c1cc(S(=O)(=O)Nc2cccc(C(F)(F)F)c2)ccc1Cl. The quantitative estimate of drug-likeness (QED) is 0.480. The summed E-state index contributed by atoms with van der Waals surface area (Å²) < 4.78 is 66.0. The summed E-state index contributed by atoms with van der Waals surface area (Å²) in [6.45, 7) is 0.329. The monoisotopic (exact) mass is 488 g/mol. The third-order valence-corrected chi connectivity index (χ3v) is 6.82. The van der Waals surface area contributed by atoms with E-state index in [9.17, 15) is 26.4 Å². The van der Waals surface area contributed by atoms with E-state index in [1.165, 1.54) is 18.2 Å². The number of carbonyl (C=O) groups excluding carboxylic acids is 1. The molecule has 0 saturated carbocycles. The lowest BCUT2D eigenvalue weighted by molar-refractivity contribution is -0.137. The van der Waals surface area contributed by atoms with Crippen molar-refractivity contribution in [1.29, 1.82) is 0 Å². The van der Waals surface area contributed by atoms with Crippen molar-refractivity contribution in [3.63, 3.8) is 0 Å². The molecule has 1 aromatic heterocycles. The van der Waals surface area contributed by atoms with E-state index in [-0.39, 0.29) is 21.2 Å². The topological polar surface area (TPSA) is 75.3 Å². The Bertz CT molecular complexity index is 1180. The van der Waals surface area contributed by atoms with Crippen molar-refractivity contribution >= 4 is 44.6 Å². The smallest absolute Gasteiger partial charge is 0.352 e. The van der Waals surface area contributed by atoms with Gasteiger partial charge < -0.3 is 5.32 Å². The average molecular weight is 489 g/mol. The van der Waals surface area contributed by atoms with Gasteiger partial charge in [0.1, 0.15) is 0 Å². The molecule has 0 bridgehead atoms. The van der Waals surface area contributed by atoms with E-state index >= 15 is 0 Å². The molecule has 1 heterocycles. The first-order valence-corrected chi connectivity index (χ1v) is 11.6. The Morgan fingerprint density at radius 2 is 1.84 bits per heavy atom. The van der Waals surface area contributed by atoms with E-state index in [0.717, 1.165) is 23.1 Å². The van der Waals surface area contributed by atoms with Crippen LogP contribution in [0.1, 0.15) is 20.8 Å². The second-order valence-electron chi connectivity index (χ2n) is 6.41. The Morgan fingerprint density at radius 1 is 1.06 bits per heavy atom. The molecule has 0 unspecified atom stereocenters. The van der Waals surface area contributed by atoms with Crippen molar-refractivity contribution in [2.45, 2.75) is 17.5 Å². The highest BCUT2D eigenvalue weighted by atomic mass is 35.5. The molecule has 11 heteroatoms. The Morgan fingerprint density at radius 3 is 2.52 bits per heavy atom. The molecular weight excluding hydrogens is 473 g/mol. The number of sulfonamides is 1. The van der Waals surface area contributed by atoms with Crippen LogP contribution in [0.4, 0.5) is 18.9 Å². The lowest BCUT2D eigenvalue weighted by Gasteiger charge is -2.12. The number of halogens is 4. The lowest BCUT2D eigenvalue weighted by Crippen LogP contribution is -2.26. The molecule has 2 N–H and O–H groups in total. The van der Waals surface area contributed by atoms with Crippen molar-refractivity contribution in [1.82, 2.24) is 5.32 Å². The number of hydrogen-bond donors (Lipinski definition) is 2. The van der Waals surface area contributed by atoms with Crippen molar-refractivity contribution in [3.05, 3.63) is 81.0 Å². The number of carbonyl (C=O) groups is 1. The summed E-state index contributed by atoms with van der Waals surface area (Å²) in [5.74, 6) is -0.558. The van der Waals surface area contributed by atoms with E-state index in [0.29, 0.717) is 19.0 Å². The normalized spacial score (nSPS) is 11.9. The molecule has 2 aromatic carbocycles. The van der Waals surface area contributed by atoms with Crippen LogP contribution in [-0.2, 0) is 22.6 Å². The van der Waals surface area contributed by atoms with E-state index < -0.39 is 27.7 Å². The first-order valence-electron chi connectivity index (χ1n) is 8.86. The third kappa shape index (κ3) is 5.99. The highest BCUT2D eigenvalue weighted by Crippen LogP contribution is 2.31. The van der Waals surface area contributed by atoms with Crippen LogP contribution in [-0.4, -0.2) is 20.9 Å².